The molecular formula is C22H25BrO2. The lowest BCUT2D eigenvalue weighted by atomic mass is 9.77. The molecule has 25 heavy (non-hydrogen) atoms. The maximum Gasteiger partial charge on any atom is 0.323 e. The van der Waals surface area contributed by atoms with Gasteiger partial charge in [-0.25, -0.2) is 0 Å². The molecule has 0 aliphatic carbocycles. The lowest BCUT2D eigenvalue weighted by Gasteiger charge is -2.27. The van der Waals surface area contributed by atoms with Crippen molar-refractivity contribution in [1.82, 2.24) is 0 Å². The van der Waals surface area contributed by atoms with Gasteiger partial charge in [-0.05, 0) is 34.1 Å². The summed E-state index contributed by atoms with van der Waals surface area (Å²) in [5.74, 6) is 0.191. The zero-order valence-corrected chi connectivity index (χ0v) is 17.3. The first kappa shape index (κ1) is 18.2. The molecule has 2 aromatic rings. The van der Waals surface area contributed by atoms with Crippen LogP contribution in [0.5, 0.6) is 5.75 Å². The molecule has 0 fully saturated rings. The van der Waals surface area contributed by atoms with E-state index in [4.69, 9.17) is 4.74 Å². The normalized spacial score (nSPS) is 17.4. The summed E-state index contributed by atoms with van der Waals surface area (Å²) >= 11 is 3.51. The first-order valence-corrected chi connectivity index (χ1v) is 9.44. The molecule has 3 rings (SSSR count). The molecule has 1 heterocycles. The quantitative estimate of drug-likeness (QED) is 0.427. The summed E-state index contributed by atoms with van der Waals surface area (Å²) in [6.45, 7) is 13.1. The molecule has 0 N–H and O–H groups in total. The first-order valence-electron chi connectivity index (χ1n) is 8.64. The van der Waals surface area contributed by atoms with Gasteiger partial charge in [0.05, 0.1) is 0 Å². The van der Waals surface area contributed by atoms with Crippen LogP contribution in [0.25, 0.3) is 0 Å². The van der Waals surface area contributed by atoms with Gasteiger partial charge in [0.2, 0.25) is 0 Å². The number of esters is 1. The highest BCUT2D eigenvalue weighted by Crippen LogP contribution is 2.47. The van der Waals surface area contributed by atoms with Crippen molar-refractivity contribution < 1.29 is 9.53 Å². The lowest BCUT2D eigenvalue weighted by Crippen LogP contribution is -2.17. The molecule has 132 valence electrons. The average Bonchev–Trinajstić information content (AvgIpc) is 2.79. The SMILES string of the molecule is CC(C)(C)c1cc2c(c(C(C)(C)C)c1)OC(=O)C2c1cccc(Br)c1. The number of rotatable bonds is 1. The number of carbonyl (C=O) groups excluding carboxylic acids is 1. The van der Waals surface area contributed by atoms with Crippen LogP contribution in [0.2, 0.25) is 0 Å². The van der Waals surface area contributed by atoms with Crippen molar-refractivity contribution in [2.24, 2.45) is 0 Å². The molecule has 0 amide bonds. The molecule has 0 saturated carbocycles. The van der Waals surface area contributed by atoms with E-state index in [-0.39, 0.29) is 22.7 Å². The van der Waals surface area contributed by atoms with Crippen LogP contribution in [0.4, 0.5) is 0 Å². The molecule has 0 aromatic heterocycles. The summed E-state index contributed by atoms with van der Waals surface area (Å²) in [5, 5.41) is 0. The van der Waals surface area contributed by atoms with Gasteiger partial charge in [-0.1, -0.05) is 81.7 Å². The zero-order valence-electron chi connectivity index (χ0n) is 15.7. The smallest absolute Gasteiger partial charge is 0.323 e. The van der Waals surface area contributed by atoms with Gasteiger partial charge in [0.15, 0.2) is 0 Å². The van der Waals surface area contributed by atoms with Crippen molar-refractivity contribution in [3.05, 3.63) is 63.1 Å². The van der Waals surface area contributed by atoms with E-state index in [1.165, 1.54) is 5.56 Å². The summed E-state index contributed by atoms with van der Waals surface area (Å²) < 4.78 is 6.75. The van der Waals surface area contributed by atoms with E-state index in [1.807, 2.05) is 24.3 Å². The second kappa shape index (κ2) is 5.98. The highest BCUT2D eigenvalue weighted by Gasteiger charge is 2.39. The van der Waals surface area contributed by atoms with Crippen LogP contribution in [0.1, 0.15) is 69.7 Å². The third kappa shape index (κ3) is 3.39. The van der Waals surface area contributed by atoms with Crippen LogP contribution in [0, 0.1) is 0 Å². The van der Waals surface area contributed by atoms with Crippen LogP contribution < -0.4 is 4.74 Å². The summed E-state index contributed by atoms with van der Waals surface area (Å²) in [4.78, 5) is 12.7. The second-order valence-electron chi connectivity index (χ2n) is 8.85. The lowest BCUT2D eigenvalue weighted by molar-refractivity contribution is -0.133. The van der Waals surface area contributed by atoms with E-state index >= 15 is 0 Å². The van der Waals surface area contributed by atoms with Gasteiger partial charge < -0.3 is 4.74 Å². The van der Waals surface area contributed by atoms with Gasteiger partial charge >= 0.3 is 5.97 Å². The van der Waals surface area contributed by atoms with Crippen molar-refractivity contribution in [2.45, 2.75) is 58.3 Å². The number of carbonyl (C=O) groups is 1. The summed E-state index contributed by atoms with van der Waals surface area (Å²) in [6, 6.07) is 12.3. The molecular weight excluding hydrogens is 376 g/mol. The Kier molecular flexibility index (Phi) is 4.35. The number of ether oxygens (including phenoxy) is 1. The Hall–Kier alpha value is -1.61. The van der Waals surface area contributed by atoms with E-state index in [0.717, 1.165) is 26.9 Å². The van der Waals surface area contributed by atoms with E-state index < -0.39 is 0 Å². The monoisotopic (exact) mass is 400 g/mol. The Morgan fingerprint density at radius 2 is 1.64 bits per heavy atom. The zero-order chi connectivity index (χ0) is 18.6. The Bertz CT molecular complexity index is 838. The Labute approximate surface area is 158 Å². The third-order valence-corrected chi connectivity index (χ3v) is 5.22. The van der Waals surface area contributed by atoms with Crippen molar-refractivity contribution in [3.8, 4) is 5.75 Å². The van der Waals surface area contributed by atoms with Crippen LogP contribution >= 0.6 is 15.9 Å². The Morgan fingerprint density at radius 1 is 0.960 bits per heavy atom. The molecule has 2 aromatic carbocycles. The van der Waals surface area contributed by atoms with E-state index in [1.54, 1.807) is 0 Å². The number of hydrogen-bond acceptors (Lipinski definition) is 2. The Balaban J connectivity index is 2.27. The number of halogens is 1. The molecule has 0 radical (unpaired) electrons. The van der Waals surface area contributed by atoms with Gasteiger partial charge in [-0.15, -0.1) is 0 Å². The second-order valence-corrected chi connectivity index (χ2v) is 9.77. The molecule has 2 nitrogen and oxygen atoms in total. The predicted octanol–water partition coefficient (Wildman–Crippen LogP) is 6.10. The maximum absolute atomic E-state index is 12.7. The third-order valence-electron chi connectivity index (χ3n) is 4.72. The highest BCUT2D eigenvalue weighted by molar-refractivity contribution is 9.10. The van der Waals surface area contributed by atoms with Crippen molar-refractivity contribution >= 4 is 21.9 Å². The number of fused-ring (bicyclic) bond motifs is 1. The van der Waals surface area contributed by atoms with Crippen LogP contribution in [-0.2, 0) is 15.6 Å². The maximum atomic E-state index is 12.7. The fourth-order valence-electron chi connectivity index (χ4n) is 3.26. The van der Waals surface area contributed by atoms with Gasteiger partial charge in [-0.3, -0.25) is 4.79 Å². The largest absolute Gasteiger partial charge is 0.425 e. The molecule has 1 atom stereocenters. The summed E-state index contributed by atoms with van der Waals surface area (Å²) in [7, 11) is 0. The summed E-state index contributed by atoms with van der Waals surface area (Å²) in [6.07, 6.45) is 0. The molecule has 1 unspecified atom stereocenters. The molecule has 1 aliphatic rings. The fraction of sp³-hybridized carbons (Fsp3) is 0.409. The van der Waals surface area contributed by atoms with E-state index in [0.29, 0.717) is 0 Å². The van der Waals surface area contributed by atoms with Gasteiger partial charge in [0.1, 0.15) is 11.7 Å². The fourth-order valence-corrected chi connectivity index (χ4v) is 3.67. The van der Waals surface area contributed by atoms with Crippen LogP contribution in [-0.4, -0.2) is 5.97 Å². The van der Waals surface area contributed by atoms with Crippen molar-refractivity contribution in [1.29, 1.82) is 0 Å². The van der Waals surface area contributed by atoms with Gasteiger partial charge in [-0.2, -0.15) is 0 Å². The molecule has 0 spiro atoms. The van der Waals surface area contributed by atoms with Crippen LogP contribution in [0.3, 0.4) is 0 Å². The van der Waals surface area contributed by atoms with E-state index in [2.05, 4.69) is 69.6 Å². The average molecular weight is 401 g/mol. The minimum absolute atomic E-state index is 0.00247. The van der Waals surface area contributed by atoms with Crippen molar-refractivity contribution in [3.63, 3.8) is 0 Å². The Morgan fingerprint density at radius 3 is 2.20 bits per heavy atom. The van der Waals surface area contributed by atoms with Crippen molar-refractivity contribution in [2.75, 3.05) is 0 Å². The standard InChI is InChI=1S/C22H25BrO2/c1-21(2,3)14-11-16-18(13-8-7-9-15(23)10-13)20(24)25-19(16)17(12-14)22(4,5)6/h7-12,18H,1-6H3. The van der Waals surface area contributed by atoms with E-state index in [9.17, 15) is 4.79 Å². The minimum atomic E-state index is -0.365. The number of benzene rings is 2. The van der Waals surface area contributed by atoms with Gasteiger partial charge in [0, 0.05) is 15.6 Å². The molecule has 0 saturated heterocycles. The predicted molar refractivity (Wildman–Crippen MR) is 105 cm³/mol. The van der Waals surface area contributed by atoms with Gasteiger partial charge in [0.25, 0.3) is 0 Å². The van der Waals surface area contributed by atoms with Crippen LogP contribution in [0.15, 0.2) is 40.9 Å². The minimum Gasteiger partial charge on any atom is -0.425 e. The topological polar surface area (TPSA) is 26.3 Å². The first-order chi connectivity index (χ1) is 11.5. The highest BCUT2D eigenvalue weighted by atomic mass is 79.9. The molecule has 1 aliphatic heterocycles. The molecule has 3 heteroatoms. The molecule has 0 bridgehead atoms. The number of hydrogen-bond donors (Lipinski definition) is 0. The summed E-state index contributed by atoms with van der Waals surface area (Å²) in [5.41, 5.74) is 4.18.